The topological polar surface area (TPSA) is 75.3 Å². The zero-order chi connectivity index (χ0) is 14.2. The van der Waals surface area contributed by atoms with E-state index in [1.165, 1.54) is 11.1 Å². The fourth-order valence-corrected chi connectivity index (χ4v) is 3.06. The number of fused-ring (bicyclic) bond motifs is 1. The van der Waals surface area contributed by atoms with Gasteiger partial charge >= 0.3 is 6.09 Å². The van der Waals surface area contributed by atoms with Gasteiger partial charge in [-0.05, 0) is 23.0 Å². The Labute approximate surface area is 114 Å². The molecule has 1 aliphatic carbocycles. The van der Waals surface area contributed by atoms with Crippen molar-refractivity contribution in [3.05, 3.63) is 35.4 Å². The first-order chi connectivity index (χ1) is 8.80. The highest BCUT2D eigenvalue weighted by Crippen LogP contribution is 2.40. The van der Waals surface area contributed by atoms with Crippen molar-refractivity contribution in [1.82, 2.24) is 5.32 Å². The van der Waals surface area contributed by atoms with Gasteiger partial charge in [0.15, 0.2) is 0 Å². The van der Waals surface area contributed by atoms with Crippen LogP contribution >= 0.6 is 0 Å². The van der Waals surface area contributed by atoms with Crippen molar-refractivity contribution in [1.29, 1.82) is 0 Å². The minimum absolute atomic E-state index is 0.0338. The van der Waals surface area contributed by atoms with E-state index in [9.17, 15) is 4.79 Å². The van der Waals surface area contributed by atoms with Gasteiger partial charge in [0.25, 0.3) is 0 Å². The summed E-state index contributed by atoms with van der Waals surface area (Å²) in [6.07, 6.45) is -0.175. The number of rotatable bonds is 2. The number of nitrogens with two attached hydrogens (primary N) is 1. The molecule has 4 N–H and O–H groups in total. The van der Waals surface area contributed by atoms with E-state index in [0.29, 0.717) is 0 Å². The molecule has 2 rings (SSSR count). The molecule has 0 saturated heterocycles. The molecule has 0 aliphatic heterocycles. The van der Waals surface area contributed by atoms with Crippen LogP contribution in [0.3, 0.4) is 0 Å². The summed E-state index contributed by atoms with van der Waals surface area (Å²) in [5, 5.41) is 11.8. The average molecular weight is 262 g/mol. The van der Waals surface area contributed by atoms with E-state index in [-0.39, 0.29) is 23.4 Å². The third kappa shape index (κ3) is 2.73. The van der Waals surface area contributed by atoms with Gasteiger partial charge < -0.3 is 16.2 Å². The van der Waals surface area contributed by atoms with E-state index >= 15 is 0 Å². The molecule has 4 nitrogen and oxygen atoms in total. The summed E-state index contributed by atoms with van der Waals surface area (Å²) in [6, 6.07) is 7.91. The van der Waals surface area contributed by atoms with Crippen LogP contribution in [0, 0.1) is 5.41 Å². The van der Waals surface area contributed by atoms with Crippen molar-refractivity contribution in [2.24, 2.45) is 11.1 Å². The van der Waals surface area contributed by atoms with Gasteiger partial charge in [-0.25, -0.2) is 4.79 Å². The van der Waals surface area contributed by atoms with Crippen LogP contribution < -0.4 is 11.1 Å². The summed E-state index contributed by atoms with van der Waals surface area (Å²) in [5.41, 5.74) is 8.51. The third-order valence-corrected chi connectivity index (χ3v) is 3.90. The Kier molecular flexibility index (Phi) is 3.54. The van der Waals surface area contributed by atoms with Gasteiger partial charge in [0.1, 0.15) is 0 Å². The number of hydrogen-bond donors (Lipinski definition) is 3. The van der Waals surface area contributed by atoms with E-state index in [4.69, 9.17) is 10.8 Å². The largest absolute Gasteiger partial charge is 0.465 e. The highest BCUT2D eigenvalue weighted by molar-refractivity contribution is 5.65. The van der Waals surface area contributed by atoms with Crippen LogP contribution in [0.25, 0.3) is 0 Å². The highest BCUT2D eigenvalue weighted by atomic mass is 16.4. The van der Waals surface area contributed by atoms with E-state index in [1.54, 1.807) is 0 Å². The molecule has 0 aromatic heterocycles. The summed E-state index contributed by atoms with van der Waals surface area (Å²) in [5.74, 6) is 0.0345. The molecule has 0 heterocycles. The summed E-state index contributed by atoms with van der Waals surface area (Å²) >= 11 is 0. The maximum atomic E-state index is 11.1. The van der Waals surface area contributed by atoms with Gasteiger partial charge in [0, 0.05) is 18.0 Å². The van der Waals surface area contributed by atoms with Gasteiger partial charge in [-0.3, -0.25) is 0 Å². The number of hydrogen-bond acceptors (Lipinski definition) is 2. The Hall–Kier alpha value is -1.55. The van der Waals surface area contributed by atoms with E-state index in [1.807, 2.05) is 32.9 Å². The predicted molar refractivity (Wildman–Crippen MR) is 75.3 cm³/mol. The Morgan fingerprint density at radius 2 is 2.05 bits per heavy atom. The first-order valence-corrected chi connectivity index (χ1v) is 6.63. The number of benzene rings is 1. The van der Waals surface area contributed by atoms with Crippen LogP contribution in [0.15, 0.2) is 24.3 Å². The quantitative estimate of drug-likeness (QED) is 0.765. The molecule has 1 unspecified atom stereocenters. The van der Waals surface area contributed by atoms with Crippen LogP contribution in [0.1, 0.15) is 37.8 Å². The molecule has 1 aliphatic rings. The molecule has 1 aromatic rings. The second-order valence-corrected chi connectivity index (χ2v) is 6.39. The average Bonchev–Trinajstić information content (AvgIpc) is 2.60. The predicted octanol–water partition coefficient (Wildman–Crippen LogP) is 2.34. The number of nitrogens with one attached hydrogen (secondary N) is 1. The second-order valence-electron chi connectivity index (χ2n) is 6.39. The Balaban J connectivity index is 2.39. The molecule has 3 atom stereocenters. The van der Waals surface area contributed by atoms with Gasteiger partial charge in [0.05, 0.1) is 0 Å². The number of amides is 1. The van der Waals surface area contributed by atoms with Crippen LogP contribution in [0.2, 0.25) is 0 Å². The fourth-order valence-electron chi connectivity index (χ4n) is 3.06. The van der Waals surface area contributed by atoms with E-state index in [2.05, 4.69) is 17.4 Å². The van der Waals surface area contributed by atoms with Crippen LogP contribution in [0.5, 0.6) is 0 Å². The summed E-state index contributed by atoms with van der Waals surface area (Å²) < 4.78 is 0. The van der Waals surface area contributed by atoms with Crippen molar-refractivity contribution < 1.29 is 9.90 Å². The summed E-state index contributed by atoms with van der Waals surface area (Å²) in [4.78, 5) is 11.1. The second kappa shape index (κ2) is 4.85. The normalized spacial score (nSPS) is 23.8. The molecule has 104 valence electrons. The monoisotopic (exact) mass is 262 g/mol. The Morgan fingerprint density at radius 3 is 2.63 bits per heavy atom. The lowest BCUT2D eigenvalue weighted by atomic mass is 9.75. The molecule has 0 spiro atoms. The molecule has 0 fully saturated rings. The van der Waals surface area contributed by atoms with Crippen molar-refractivity contribution in [3.8, 4) is 0 Å². The van der Waals surface area contributed by atoms with Gasteiger partial charge in [-0.2, -0.15) is 0 Å². The third-order valence-electron chi connectivity index (χ3n) is 3.90. The minimum atomic E-state index is -0.989. The van der Waals surface area contributed by atoms with Crippen LogP contribution in [0.4, 0.5) is 4.79 Å². The summed E-state index contributed by atoms with van der Waals surface area (Å²) in [6.45, 7) is 6.13. The fraction of sp³-hybridized carbons (Fsp3) is 0.533. The van der Waals surface area contributed by atoms with Crippen molar-refractivity contribution in [3.63, 3.8) is 0 Å². The van der Waals surface area contributed by atoms with Crippen molar-refractivity contribution in [2.45, 2.75) is 45.2 Å². The lowest BCUT2D eigenvalue weighted by molar-refractivity contribution is 0.163. The number of carboxylic acid groups (broad SMARTS) is 1. The molecule has 0 radical (unpaired) electrons. The highest BCUT2D eigenvalue weighted by Gasteiger charge is 2.41. The van der Waals surface area contributed by atoms with E-state index < -0.39 is 6.09 Å². The molecular formula is C15H22N2O2. The lowest BCUT2D eigenvalue weighted by Crippen LogP contribution is -2.50. The van der Waals surface area contributed by atoms with E-state index in [0.717, 1.165) is 6.42 Å². The van der Waals surface area contributed by atoms with Crippen molar-refractivity contribution >= 4 is 6.09 Å². The first-order valence-electron chi connectivity index (χ1n) is 6.63. The molecule has 0 bridgehead atoms. The molecule has 0 saturated carbocycles. The zero-order valence-electron chi connectivity index (χ0n) is 11.7. The SMILES string of the molecule is CC(C)(C)C(NC(=O)O)[C@@H]1c2ccccc2C[C@H]1N. The molecule has 1 aromatic carbocycles. The maximum absolute atomic E-state index is 11.1. The molecule has 4 heteroatoms. The number of carbonyl (C=O) groups is 1. The van der Waals surface area contributed by atoms with Crippen LogP contribution in [-0.2, 0) is 6.42 Å². The Bertz CT molecular complexity index is 479. The van der Waals surface area contributed by atoms with Crippen LogP contribution in [-0.4, -0.2) is 23.3 Å². The smallest absolute Gasteiger partial charge is 0.404 e. The maximum Gasteiger partial charge on any atom is 0.404 e. The van der Waals surface area contributed by atoms with Gasteiger partial charge in [0.2, 0.25) is 0 Å². The molecular weight excluding hydrogens is 240 g/mol. The van der Waals surface area contributed by atoms with Gasteiger partial charge in [-0.1, -0.05) is 45.0 Å². The minimum Gasteiger partial charge on any atom is -0.465 e. The summed E-state index contributed by atoms with van der Waals surface area (Å²) in [7, 11) is 0. The first kappa shape index (κ1) is 13.9. The lowest BCUT2D eigenvalue weighted by Gasteiger charge is -2.37. The standard InChI is InChI=1S/C15H22N2O2/c1-15(2,3)13(17-14(18)19)12-10-7-5-4-6-9(10)8-11(12)16/h4-7,11-13,17H,8,16H2,1-3H3,(H,18,19)/t11-,12-,13?/m1/s1. The molecule has 19 heavy (non-hydrogen) atoms. The zero-order valence-corrected chi connectivity index (χ0v) is 11.7. The van der Waals surface area contributed by atoms with Crippen molar-refractivity contribution in [2.75, 3.05) is 0 Å². The Morgan fingerprint density at radius 1 is 1.42 bits per heavy atom. The van der Waals surface area contributed by atoms with Gasteiger partial charge in [-0.15, -0.1) is 0 Å². The molecule has 1 amide bonds.